The highest BCUT2D eigenvalue weighted by Gasteiger charge is 2.04. The third-order valence-corrected chi connectivity index (χ3v) is 2.57. The van der Waals surface area contributed by atoms with Gasteiger partial charge in [-0.2, -0.15) is 0 Å². The molecular formula is C4H10OS2. The Labute approximate surface area is 53.3 Å². The summed E-state index contributed by atoms with van der Waals surface area (Å²) in [6, 6.07) is 0. The lowest BCUT2D eigenvalue weighted by Crippen LogP contribution is -2.13. The molecule has 0 aromatic carbocycles. The van der Waals surface area contributed by atoms with Crippen molar-refractivity contribution in [3.05, 3.63) is 0 Å². The van der Waals surface area contributed by atoms with E-state index in [1.807, 2.05) is 6.92 Å². The predicted octanol–water partition coefficient (Wildman–Crippen LogP) is 1.33. The van der Waals surface area contributed by atoms with Crippen LogP contribution in [0.2, 0.25) is 0 Å². The molecule has 0 aromatic rings. The molecule has 0 rings (SSSR count). The Balaban J connectivity index is 3.14. The second-order valence-electron chi connectivity index (χ2n) is 1.55. The van der Waals surface area contributed by atoms with Gasteiger partial charge in [-0.05, 0) is 13.8 Å². The Kier molecular flexibility index (Phi) is 3.98. The number of aliphatic hydroxyl groups is 1. The highest BCUT2D eigenvalue weighted by atomic mass is 33.1. The van der Waals surface area contributed by atoms with E-state index in [0.29, 0.717) is 0 Å². The van der Waals surface area contributed by atoms with Crippen LogP contribution in [0, 0.1) is 0 Å². The van der Waals surface area contributed by atoms with Gasteiger partial charge in [-0.1, -0.05) is 10.8 Å². The molecule has 0 saturated carbocycles. The Morgan fingerprint density at radius 1 is 1.57 bits per heavy atom. The van der Waals surface area contributed by atoms with Crippen molar-refractivity contribution in [1.29, 1.82) is 0 Å². The van der Waals surface area contributed by atoms with Crippen molar-refractivity contribution in [3.63, 3.8) is 0 Å². The van der Waals surface area contributed by atoms with E-state index in [2.05, 4.69) is 11.7 Å². The molecular weight excluding hydrogens is 128 g/mol. The molecule has 0 bridgehead atoms. The quantitative estimate of drug-likeness (QED) is 0.443. The fraction of sp³-hybridized carbons (Fsp3) is 1.00. The van der Waals surface area contributed by atoms with Crippen LogP contribution < -0.4 is 0 Å². The molecule has 0 aliphatic carbocycles. The Morgan fingerprint density at radius 2 is 2.00 bits per heavy atom. The summed E-state index contributed by atoms with van der Waals surface area (Å²) in [6.07, 6.45) is -0.248. The van der Waals surface area contributed by atoms with Gasteiger partial charge in [0.2, 0.25) is 0 Å². The number of rotatable bonds is 2. The first-order valence-electron chi connectivity index (χ1n) is 2.16. The van der Waals surface area contributed by atoms with Crippen LogP contribution in [0.4, 0.5) is 0 Å². The third-order valence-electron chi connectivity index (χ3n) is 0.846. The van der Waals surface area contributed by atoms with E-state index >= 15 is 0 Å². The van der Waals surface area contributed by atoms with Gasteiger partial charge in [0.15, 0.2) is 0 Å². The molecule has 1 nitrogen and oxygen atoms in total. The molecule has 0 saturated heterocycles. The van der Waals surface area contributed by atoms with E-state index in [-0.39, 0.29) is 11.4 Å². The zero-order valence-corrected chi connectivity index (χ0v) is 6.17. The first-order valence-corrected chi connectivity index (χ1v) is 4.10. The molecule has 44 valence electrons. The fourth-order valence-electron chi connectivity index (χ4n) is 0.0881. The number of hydrogen-bond acceptors (Lipinski definition) is 3. The summed E-state index contributed by atoms with van der Waals surface area (Å²) in [7, 11) is 1.38. The SMILES string of the molecule is CC(O)C(C)SS. The Hall–Kier alpha value is 0.660. The maximum Gasteiger partial charge on any atom is 0.0636 e. The molecule has 0 amide bonds. The van der Waals surface area contributed by atoms with E-state index in [1.54, 1.807) is 6.92 Å². The molecule has 0 aliphatic heterocycles. The molecule has 0 spiro atoms. The summed E-state index contributed by atoms with van der Waals surface area (Å²) in [5.74, 6) is 0. The van der Waals surface area contributed by atoms with Crippen molar-refractivity contribution >= 4 is 22.5 Å². The predicted molar refractivity (Wildman–Crippen MR) is 37.7 cm³/mol. The largest absolute Gasteiger partial charge is 0.392 e. The van der Waals surface area contributed by atoms with E-state index < -0.39 is 0 Å². The Morgan fingerprint density at radius 3 is 2.00 bits per heavy atom. The van der Waals surface area contributed by atoms with Crippen molar-refractivity contribution < 1.29 is 5.11 Å². The van der Waals surface area contributed by atoms with Crippen LogP contribution in [0.3, 0.4) is 0 Å². The van der Waals surface area contributed by atoms with Crippen molar-refractivity contribution in [1.82, 2.24) is 0 Å². The highest BCUT2D eigenvalue weighted by Crippen LogP contribution is 2.16. The maximum atomic E-state index is 8.75. The van der Waals surface area contributed by atoms with Gasteiger partial charge in [0.25, 0.3) is 0 Å². The van der Waals surface area contributed by atoms with E-state index in [9.17, 15) is 0 Å². The lowest BCUT2D eigenvalue weighted by Gasteiger charge is -2.08. The summed E-state index contributed by atoms with van der Waals surface area (Å²) in [4.78, 5) is 0. The molecule has 2 unspecified atom stereocenters. The lowest BCUT2D eigenvalue weighted by molar-refractivity contribution is 0.197. The number of thiol groups is 1. The third kappa shape index (κ3) is 3.26. The average Bonchev–Trinajstić information content (AvgIpc) is 1.65. The maximum absolute atomic E-state index is 8.75. The van der Waals surface area contributed by atoms with Gasteiger partial charge < -0.3 is 5.11 Å². The van der Waals surface area contributed by atoms with Crippen LogP contribution in [-0.2, 0) is 0 Å². The van der Waals surface area contributed by atoms with Crippen molar-refractivity contribution in [2.75, 3.05) is 0 Å². The average molecular weight is 138 g/mol. The topological polar surface area (TPSA) is 20.2 Å². The van der Waals surface area contributed by atoms with Crippen molar-refractivity contribution in [3.8, 4) is 0 Å². The first-order chi connectivity index (χ1) is 3.18. The van der Waals surface area contributed by atoms with E-state index in [4.69, 9.17) is 5.11 Å². The van der Waals surface area contributed by atoms with Gasteiger partial charge >= 0.3 is 0 Å². The minimum atomic E-state index is -0.248. The van der Waals surface area contributed by atoms with Gasteiger partial charge in [-0.3, -0.25) is 0 Å². The van der Waals surface area contributed by atoms with Crippen LogP contribution in [-0.4, -0.2) is 16.5 Å². The molecule has 0 radical (unpaired) electrons. The first kappa shape index (κ1) is 7.66. The van der Waals surface area contributed by atoms with Gasteiger partial charge in [0, 0.05) is 5.25 Å². The molecule has 0 fully saturated rings. The minimum Gasteiger partial charge on any atom is -0.392 e. The smallest absolute Gasteiger partial charge is 0.0636 e. The van der Waals surface area contributed by atoms with E-state index in [0.717, 1.165) is 0 Å². The summed E-state index contributed by atoms with van der Waals surface area (Å²) in [5.41, 5.74) is 0. The highest BCUT2D eigenvalue weighted by molar-refractivity contribution is 8.68. The number of aliphatic hydroxyl groups excluding tert-OH is 1. The monoisotopic (exact) mass is 138 g/mol. The fourth-order valence-corrected chi connectivity index (χ4v) is 0.793. The molecule has 1 N–H and O–H groups in total. The molecule has 0 aromatic heterocycles. The van der Waals surface area contributed by atoms with E-state index in [1.165, 1.54) is 10.8 Å². The summed E-state index contributed by atoms with van der Waals surface area (Å²) in [6.45, 7) is 3.69. The van der Waals surface area contributed by atoms with Crippen LogP contribution >= 0.6 is 22.5 Å². The molecule has 0 heterocycles. The zero-order chi connectivity index (χ0) is 5.86. The van der Waals surface area contributed by atoms with Gasteiger partial charge in [-0.25, -0.2) is 0 Å². The molecule has 7 heavy (non-hydrogen) atoms. The van der Waals surface area contributed by atoms with Crippen LogP contribution in [0.5, 0.6) is 0 Å². The summed E-state index contributed by atoms with van der Waals surface area (Å²) in [5, 5.41) is 8.99. The summed E-state index contributed by atoms with van der Waals surface area (Å²) >= 11 is 3.91. The van der Waals surface area contributed by atoms with Gasteiger partial charge in [0.1, 0.15) is 0 Å². The summed E-state index contributed by atoms with van der Waals surface area (Å²) < 4.78 is 0. The van der Waals surface area contributed by atoms with Gasteiger partial charge in [-0.15, -0.1) is 11.7 Å². The molecule has 3 heteroatoms. The number of hydrogen-bond donors (Lipinski definition) is 2. The zero-order valence-electron chi connectivity index (χ0n) is 4.46. The van der Waals surface area contributed by atoms with Crippen LogP contribution in [0.15, 0.2) is 0 Å². The van der Waals surface area contributed by atoms with Crippen LogP contribution in [0.25, 0.3) is 0 Å². The van der Waals surface area contributed by atoms with Gasteiger partial charge in [0.05, 0.1) is 6.10 Å². The lowest BCUT2D eigenvalue weighted by atomic mass is 10.3. The molecule has 2 atom stereocenters. The second-order valence-corrected chi connectivity index (χ2v) is 3.14. The Bertz CT molecular complexity index is 47.0. The normalized spacial score (nSPS) is 18.9. The standard InChI is InChI=1S/C4H10OS2/c1-3(5)4(2)7-6/h3-6H,1-2H3. The van der Waals surface area contributed by atoms with Crippen molar-refractivity contribution in [2.45, 2.75) is 25.2 Å². The molecule has 0 aliphatic rings. The second kappa shape index (κ2) is 3.64. The minimum absolute atomic E-state index is 0.239. The van der Waals surface area contributed by atoms with Crippen molar-refractivity contribution in [2.24, 2.45) is 0 Å². The van der Waals surface area contributed by atoms with Crippen LogP contribution in [0.1, 0.15) is 13.8 Å².